The highest BCUT2D eigenvalue weighted by Crippen LogP contribution is 2.59. The zero-order chi connectivity index (χ0) is 24.7. The number of fused-ring (bicyclic) bond motifs is 1. The highest BCUT2D eigenvalue weighted by Gasteiger charge is 2.51. The van der Waals surface area contributed by atoms with E-state index in [0.717, 1.165) is 24.5 Å². The van der Waals surface area contributed by atoms with Crippen molar-refractivity contribution in [2.45, 2.75) is 43.9 Å². The van der Waals surface area contributed by atoms with Gasteiger partial charge in [0, 0.05) is 32.7 Å². The number of sulfonamides is 1. The minimum atomic E-state index is -4.60. The van der Waals surface area contributed by atoms with Crippen LogP contribution in [-0.4, -0.2) is 74.8 Å². The molecule has 0 amide bonds. The van der Waals surface area contributed by atoms with E-state index < -0.39 is 27.9 Å². The van der Waals surface area contributed by atoms with Crippen LogP contribution in [-0.2, 0) is 20.9 Å². The molecular weight excluding hydrogens is 469 g/mol. The molecule has 1 N–H and O–H groups in total. The monoisotopic (exact) mass is 502 g/mol. The van der Waals surface area contributed by atoms with Crippen molar-refractivity contribution >= 4 is 10.0 Å². The smallest absolute Gasteiger partial charge is 0.389 e. The van der Waals surface area contributed by atoms with Gasteiger partial charge in [0.05, 0.1) is 29.8 Å². The lowest BCUT2D eigenvalue weighted by atomic mass is 9.49. The number of halogens is 3. The molecule has 0 radical (unpaired) electrons. The predicted octanol–water partition coefficient (Wildman–Crippen LogP) is 3.38. The number of aliphatic hydroxyl groups is 1. The molecule has 0 aromatic heterocycles. The number of rotatable bonds is 8. The minimum absolute atomic E-state index is 0.150. The van der Waals surface area contributed by atoms with E-state index in [1.54, 1.807) is 0 Å². The van der Waals surface area contributed by atoms with E-state index in [9.17, 15) is 26.7 Å². The van der Waals surface area contributed by atoms with Crippen molar-refractivity contribution in [2.24, 2.45) is 17.3 Å². The molecule has 1 aliphatic heterocycles. The molecule has 4 aliphatic rings. The molecule has 10 heteroatoms. The Balaban J connectivity index is 1.23. The van der Waals surface area contributed by atoms with Gasteiger partial charge in [-0.05, 0) is 53.9 Å². The molecule has 1 heterocycles. The quantitative estimate of drug-likeness (QED) is 0.552. The molecular formula is C24H33F3N2O4S. The molecule has 190 valence electrons. The fourth-order valence-electron chi connectivity index (χ4n) is 5.44. The lowest BCUT2D eigenvalue weighted by Crippen LogP contribution is -2.50. The van der Waals surface area contributed by atoms with Crippen LogP contribution in [0.3, 0.4) is 0 Å². The Morgan fingerprint density at radius 3 is 2.53 bits per heavy atom. The van der Waals surface area contributed by atoms with Gasteiger partial charge in [-0.15, -0.1) is 0 Å². The van der Waals surface area contributed by atoms with Gasteiger partial charge in [0.2, 0.25) is 10.0 Å². The summed E-state index contributed by atoms with van der Waals surface area (Å²) >= 11 is 0. The molecule has 0 spiro atoms. The molecule has 34 heavy (non-hydrogen) atoms. The lowest BCUT2D eigenvalue weighted by Gasteiger charge is -2.56. The summed E-state index contributed by atoms with van der Waals surface area (Å²) in [6, 6.07) is 3.82. The molecule has 1 aromatic carbocycles. The highest BCUT2D eigenvalue weighted by atomic mass is 32.2. The zero-order valence-corrected chi connectivity index (χ0v) is 20.4. The van der Waals surface area contributed by atoms with Crippen molar-refractivity contribution < 1.29 is 31.4 Å². The number of ether oxygens (including phenoxy) is 1. The minimum Gasteiger partial charge on any atom is -0.389 e. The van der Waals surface area contributed by atoms with Crippen molar-refractivity contribution in [3.05, 3.63) is 41.5 Å². The van der Waals surface area contributed by atoms with E-state index in [2.05, 4.69) is 19.9 Å². The predicted molar refractivity (Wildman–Crippen MR) is 122 cm³/mol. The fourth-order valence-corrected chi connectivity index (χ4v) is 6.91. The first-order chi connectivity index (χ1) is 15.9. The van der Waals surface area contributed by atoms with Crippen molar-refractivity contribution in [2.75, 3.05) is 45.9 Å². The molecule has 0 unspecified atom stereocenters. The summed E-state index contributed by atoms with van der Waals surface area (Å²) in [7, 11) is -4.02. The Hall–Kier alpha value is -1.46. The Morgan fingerprint density at radius 1 is 1.21 bits per heavy atom. The Bertz CT molecular complexity index is 1020. The molecule has 5 rings (SSSR count). The van der Waals surface area contributed by atoms with Crippen LogP contribution in [0.15, 0.2) is 40.8 Å². The Kier molecular flexibility index (Phi) is 7.19. The van der Waals surface area contributed by atoms with Gasteiger partial charge in [0.15, 0.2) is 0 Å². The van der Waals surface area contributed by atoms with Crippen molar-refractivity contribution in [3.8, 4) is 0 Å². The number of benzene rings is 1. The normalized spacial score (nSPS) is 26.6. The van der Waals surface area contributed by atoms with Gasteiger partial charge in [0.25, 0.3) is 0 Å². The second-order valence-electron chi connectivity index (χ2n) is 10.2. The summed E-state index contributed by atoms with van der Waals surface area (Å²) in [5.41, 5.74) is 0.674. The SMILES string of the molecule is CC1(C)[C@@H]2CC=C(COC[C@H](O)CN3CCN(S(=O)(=O)c4cccc(C(F)(F)F)c4)CC3)[C@@H]1C2. The first kappa shape index (κ1) is 25.6. The third-order valence-electron chi connectivity index (χ3n) is 7.76. The average Bonchev–Trinajstić information content (AvgIpc) is 2.79. The number of β-amino-alcohol motifs (C(OH)–C–C–N with tert-alkyl or cyclic N) is 1. The van der Waals surface area contributed by atoms with E-state index in [4.69, 9.17) is 4.74 Å². The molecule has 1 saturated carbocycles. The molecule has 6 nitrogen and oxygen atoms in total. The number of nitrogens with zero attached hydrogens (tertiary/aromatic N) is 2. The van der Waals surface area contributed by atoms with E-state index in [0.29, 0.717) is 43.6 Å². The van der Waals surface area contributed by atoms with Crippen LogP contribution in [0.25, 0.3) is 0 Å². The number of hydrogen-bond acceptors (Lipinski definition) is 5. The first-order valence-corrected chi connectivity index (χ1v) is 13.2. The maximum atomic E-state index is 13.0. The van der Waals surface area contributed by atoms with Crippen molar-refractivity contribution in [3.63, 3.8) is 0 Å². The maximum absolute atomic E-state index is 13.0. The van der Waals surface area contributed by atoms with Crippen LogP contribution in [0.2, 0.25) is 0 Å². The van der Waals surface area contributed by atoms with Gasteiger partial charge in [-0.3, -0.25) is 4.90 Å². The average molecular weight is 503 g/mol. The van der Waals surface area contributed by atoms with Gasteiger partial charge in [-0.2, -0.15) is 17.5 Å². The molecule has 2 fully saturated rings. The number of piperazine rings is 1. The summed E-state index contributed by atoms with van der Waals surface area (Å²) < 4.78 is 71.6. The van der Waals surface area contributed by atoms with Crippen LogP contribution >= 0.6 is 0 Å². The lowest BCUT2D eigenvalue weighted by molar-refractivity contribution is -0.137. The summed E-state index contributed by atoms with van der Waals surface area (Å²) in [4.78, 5) is 1.59. The van der Waals surface area contributed by atoms with Crippen molar-refractivity contribution in [1.29, 1.82) is 0 Å². The summed E-state index contributed by atoms with van der Waals surface area (Å²) in [6.45, 7) is 6.77. The van der Waals surface area contributed by atoms with Gasteiger partial charge in [-0.25, -0.2) is 8.42 Å². The number of aliphatic hydroxyl groups excluding tert-OH is 1. The Labute approximate surface area is 199 Å². The number of allylic oxidation sites excluding steroid dienone is 1. The standard InChI is InChI=1S/C24H33F3N2O4S/c1-23(2)18-7-6-17(22(23)13-18)15-33-16-20(30)14-28-8-10-29(11-9-28)34(31,32)21-5-3-4-19(12-21)24(25,26)27/h3-6,12,18,20,22,30H,7-11,13-16H2,1-2H3/t18-,20-,22+/m1/s1. The third kappa shape index (κ3) is 5.21. The van der Waals surface area contributed by atoms with E-state index in [1.165, 1.54) is 22.4 Å². The summed E-state index contributed by atoms with van der Waals surface area (Å²) in [5, 5.41) is 10.4. The second kappa shape index (κ2) is 9.54. The van der Waals surface area contributed by atoms with E-state index >= 15 is 0 Å². The maximum Gasteiger partial charge on any atom is 0.416 e. The van der Waals surface area contributed by atoms with E-state index in [1.807, 2.05) is 4.90 Å². The van der Waals surface area contributed by atoms with Gasteiger partial charge < -0.3 is 9.84 Å². The number of hydrogen-bond donors (Lipinski definition) is 1. The van der Waals surface area contributed by atoms with Crippen LogP contribution in [0.4, 0.5) is 13.2 Å². The molecule has 1 saturated heterocycles. The molecule has 3 atom stereocenters. The summed E-state index contributed by atoms with van der Waals surface area (Å²) in [5.74, 6) is 1.33. The fraction of sp³-hybridized carbons (Fsp3) is 0.667. The van der Waals surface area contributed by atoms with Crippen LogP contribution in [0, 0.1) is 17.3 Å². The molecule has 2 bridgehead atoms. The van der Waals surface area contributed by atoms with Gasteiger partial charge in [-0.1, -0.05) is 26.0 Å². The second-order valence-corrected chi connectivity index (χ2v) is 12.2. The van der Waals surface area contributed by atoms with E-state index in [-0.39, 0.29) is 24.6 Å². The van der Waals surface area contributed by atoms with Crippen LogP contribution in [0.1, 0.15) is 32.3 Å². The molecule has 3 aliphatic carbocycles. The molecule has 1 aromatic rings. The van der Waals surface area contributed by atoms with Gasteiger partial charge in [0.1, 0.15) is 0 Å². The number of alkyl halides is 3. The highest BCUT2D eigenvalue weighted by molar-refractivity contribution is 7.89. The zero-order valence-electron chi connectivity index (χ0n) is 19.6. The first-order valence-electron chi connectivity index (χ1n) is 11.7. The Morgan fingerprint density at radius 2 is 1.91 bits per heavy atom. The largest absolute Gasteiger partial charge is 0.416 e. The van der Waals surface area contributed by atoms with Crippen molar-refractivity contribution in [1.82, 2.24) is 9.21 Å². The van der Waals surface area contributed by atoms with Crippen LogP contribution < -0.4 is 0 Å². The summed E-state index contributed by atoms with van der Waals surface area (Å²) in [6.07, 6.45) is -0.706. The van der Waals surface area contributed by atoms with Gasteiger partial charge >= 0.3 is 6.18 Å². The van der Waals surface area contributed by atoms with Crippen LogP contribution in [0.5, 0.6) is 0 Å². The topological polar surface area (TPSA) is 70.1 Å². The third-order valence-corrected chi connectivity index (χ3v) is 9.66.